The van der Waals surface area contributed by atoms with Crippen LogP contribution in [0.25, 0.3) is 0 Å². The zero-order valence-corrected chi connectivity index (χ0v) is 14.5. The van der Waals surface area contributed by atoms with E-state index in [1.54, 1.807) is 4.90 Å². The number of hydrogen-bond acceptors (Lipinski definition) is 6. The van der Waals surface area contributed by atoms with Gasteiger partial charge in [0.1, 0.15) is 5.60 Å². The second-order valence-electron chi connectivity index (χ2n) is 6.48. The highest BCUT2D eigenvalue weighted by Gasteiger charge is 2.36. The van der Waals surface area contributed by atoms with E-state index < -0.39 is 11.9 Å². The van der Waals surface area contributed by atoms with E-state index in [4.69, 9.17) is 18.7 Å². The predicted molar refractivity (Wildman–Crippen MR) is 83.0 cm³/mol. The second-order valence-corrected chi connectivity index (χ2v) is 6.48. The molecule has 130 valence electrons. The number of rotatable bonds is 6. The van der Waals surface area contributed by atoms with Crippen molar-refractivity contribution >= 4 is 6.09 Å². The van der Waals surface area contributed by atoms with Crippen LogP contribution in [0.15, 0.2) is 10.6 Å². The van der Waals surface area contributed by atoms with Crippen molar-refractivity contribution in [1.29, 1.82) is 0 Å². The summed E-state index contributed by atoms with van der Waals surface area (Å²) in [6, 6.07) is 1.84. The monoisotopic (exact) mass is 326 g/mol. The molecule has 0 N–H and O–H groups in total. The van der Waals surface area contributed by atoms with Gasteiger partial charge in [-0.1, -0.05) is 5.16 Å². The molecule has 0 bridgehead atoms. The van der Waals surface area contributed by atoms with Gasteiger partial charge >= 0.3 is 6.09 Å². The average molecular weight is 326 g/mol. The normalized spacial score (nSPS) is 15.8. The second kappa shape index (κ2) is 7.31. The van der Waals surface area contributed by atoms with E-state index in [-0.39, 0.29) is 12.0 Å². The SMILES string of the molecule is CCOC(OCC)c1cc(C2CN(C(=O)OC(C)(C)C)C2)no1. The number of likely N-dealkylation sites (tertiary alicyclic amines) is 1. The summed E-state index contributed by atoms with van der Waals surface area (Å²) in [6.07, 6.45) is -0.827. The van der Waals surface area contributed by atoms with Crippen LogP contribution in [-0.2, 0) is 14.2 Å². The van der Waals surface area contributed by atoms with Gasteiger partial charge in [0.05, 0.1) is 5.69 Å². The van der Waals surface area contributed by atoms with E-state index in [2.05, 4.69) is 5.16 Å². The van der Waals surface area contributed by atoms with Crippen molar-refractivity contribution < 1.29 is 23.5 Å². The summed E-state index contributed by atoms with van der Waals surface area (Å²) >= 11 is 0. The lowest BCUT2D eigenvalue weighted by atomic mass is 9.97. The molecule has 0 spiro atoms. The van der Waals surface area contributed by atoms with Crippen molar-refractivity contribution in [1.82, 2.24) is 10.1 Å². The zero-order chi connectivity index (χ0) is 17.0. The highest BCUT2D eigenvalue weighted by atomic mass is 16.7. The first-order chi connectivity index (χ1) is 10.8. The van der Waals surface area contributed by atoms with Gasteiger partial charge in [0.25, 0.3) is 0 Å². The topological polar surface area (TPSA) is 74.0 Å². The number of hydrogen-bond donors (Lipinski definition) is 0. The maximum atomic E-state index is 11.9. The fraction of sp³-hybridized carbons (Fsp3) is 0.750. The van der Waals surface area contributed by atoms with Crippen LogP contribution in [0.2, 0.25) is 0 Å². The van der Waals surface area contributed by atoms with Crippen LogP contribution in [-0.4, -0.2) is 48.1 Å². The third-order valence-corrected chi connectivity index (χ3v) is 3.37. The summed E-state index contributed by atoms with van der Waals surface area (Å²) in [7, 11) is 0. The van der Waals surface area contributed by atoms with Gasteiger partial charge < -0.3 is 23.6 Å². The molecule has 1 aromatic rings. The zero-order valence-electron chi connectivity index (χ0n) is 14.5. The third-order valence-electron chi connectivity index (χ3n) is 3.37. The molecule has 7 nitrogen and oxygen atoms in total. The van der Waals surface area contributed by atoms with Crippen molar-refractivity contribution in [3.63, 3.8) is 0 Å². The number of ether oxygens (including phenoxy) is 3. The Balaban J connectivity index is 1.89. The predicted octanol–water partition coefficient (Wildman–Crippen LogP) is 3.08. The van der Waals surface area contributed by atoms with Gasteiger partial charge in [0.15, 0.2) is 5.76 Å². The highest BCUT2D eigenvalue weighted by molar-refractivity contribution is 5.69. The maximum absolute atomic E-state index is 11.9. The summed E-state index contributed by atoms with van der Waals surface area (Å²) in [5.74, 6) is 0.711. The lowest BCUT2D eigenvalue weighted by molar-refractivity contribution is -0.152. The Morgan fingerprint density at radius 2 is 1.96 bits per heavy atom. The van der Waals surface area contributed by atoms with Crippen LogP contribution in [0.1, 0.15) is 58.3 Å². The van der Waals surface area contributed by atoms with Crippen LogP contribution in [0.3, 0.4) is 0 Å². The van der Waals surface area contributed by atoms with Crippen LogP contribution in [0, 0.1) is 0 Å². The van der Waals surface area contributed by atoms with Gasteiger partial charge in [-0.05, 0) is 34.6 Å². The lowest BCUT2D eigenvalue weighted by Gasteiger charge is -2.38. The summed E-state index contributed by atoms with van der Waals surface area (Å²) in [5.41, 5.74) is 0.329. The van der Waals surface area contributed by atoms with Crippen LogP contribution < -0.4 is 0 Å². The first-order valence-electron chi connectivity index (χ1n) is 8.01. The maximum Gasteiger partial charge on any atom is 0.410 e. The largest absolute Gasteiger partial charge is 0.444 e. The average Bonchev–Trinajstić information content (AvgIpc) is 2.84. The molecule has 7 heteroatoms. The molecule has 0 radical (unpaired) electrons. The quantitative estimate of drug-likeness (QED) is 0.748. The molecule has 1 amide bonds. The van der Waals surface area contributed by atoms with Gasteiger partial charge in [-0.3, -0.25) is 0 Å². The lowest BCUT2D eigenvalue weighted by Crippen LogP contribution is -2.50. The standard InChI is InChI=1S/C16H26N2O5/c1-6-20-14(21-7-2)13-8-12(17-23-13)11-9-18(10-11)15(19)22-16(3,4)5/h8,11,14H,6-7,9-10H2,1-5H3. The first-order valence-corrected chi connectivity index (χ1v) is 8.01. The van der Waals surface area contributed by atoms with E-state index in [9.17, 15) is 4.79 Å². The Morgan fingerprint density at radius 1 is 1.35 bits per heavy atom. The molecule has 1 saturated heterocycles. The Bertz CT molecular complexity index is 511. The van der Waals surface area contributed by atoms with Crippen molar-refractivity contribution in [2.45, 2.75) is 52.4 Å². The van der Waals surface area contributed by atoms with Gasteiger partial charge in [0, 0.05) is 38.3 Å². The van der Waals surface area contributed by atoms with Gasteiger partial charge in [-0.25, -0.2) is 4.79 Å². The number of carbonyl (C=O) groups is 1. The molecule has 0 unspecified atom stereocenters. The molecular formula is C16H26N2O5. The fourth-order valence-electron chi connectivity index (χ4n) is 2.26. The number of carbonyl (C=O) groups excluding carboxylic acids is 1. The Hall–Kier alpha value is -1.60. The van der Waals surface area contributed by atoms with Crippen LogP contribution >= 0.6 is 0 Å². The van der Waals surface area contributed by atoms with Gasteiger partial charge in [-0.2, -0.15) is 0 Å². The third kappa shape index (κ3) is 4.68. The van der Waals surface area contributed by atoms with E-state index in [1.165, 1.54) is 0 Å². The van der Waals surface area contributed by atoms with Crippen LogP contribution in [0.4, 0.5) is 4.79 Å². The molecular weight excluding hydrogens is 300 g/mol. The summed E-state index contributed by atoms with van der Waals surface area (Å²) < 4.78 is 21.6. The molecule has 2 heterocycles. The molecule has 0 aromatic carbocycles. The summed E-state index contributed by atoms with van der Waals surface area (Å²) in [5, 5.41) is 4.08. The Morgan fingerprint density at radius 3 is 2.48 bits per heavy atom. The minimum absolute atomic E-state index is 0.156. The Kier molecular flexibility index (Phi) is 5.64. The first kappa shape index (κ1) is 17.7. The number of amides is 1. The number of aromatic nitrogens is 1. The van der Waals surface area contributed by atoms with Crippen molar-refractivity contribution in [2.24, 2.45) is 0 Å². The molecule has 1 fully saturated rings. The van der Waals surface area contributed by atoms with Crippen molar-refractivity contribution in [2.75, 3.05) is 26.3 Å². The van der Waals surface area contributed by atoms with E-state index in [1.807, 2.05) is 40.7 Å². The molecule has 1 aliphatic rings. The molecule has 1 aliphatic heterocycles. The summed E-state index contributed by atoms with van der Waals surface area (Å²) in [6.45, 7) is 11.6. The smallest absolute Gasteiger partial charge is 0.410 e. The van der Waals surface area contributed by atoms with E-state index in [0.717, 1.165) is 5.69 Å². The highest BCUT2D eigenvalue weighted by Crippen LogP contribution is 2.30. The van der Waals surface area contributed by atoms with Crippen molar-refractivity contribution in [3.05, 3.63) is 17.5 Å². The summed E-state index contributed by atoms with van der Waals surface area (Å²) in [4.78, 5) is 13.6. The molecule has 2 rings (SSSR count). The Labute approximate surface area is 136 Å². The molecule has 0 aliphatic carbocycles. The fourth-order valence-corrected chi connectivity index (χ4v) is 2.26. The van der Waals surface area contributed by atoms with Crippen molar-refractivity contribution in [3.8, 4) is 0 Å². The van der Waals surface area contributed by atoms with E-state index >= 15 is 0 Å². The minimum Gasteiger partial charge on any atom is -0.444 e. The van der Waals surface area contributed by atoms with E-state index in [0.29, 0.717) is 32.1 Å². The van der Waals surface area contributed by atoms with Gasteiger partial charge in [0.2, 0.25) is 6.29 Å². The number of nitrogens with zero attached hydrogens (tertiary/aromatic N) is 2. The molecule has 23 heavy (non-hydrogen) atoms. The van der Waals surface area contributed by atoms with Crippen LogP contribution in [0.5, 0.6) is 0 Å². The minimum atomic E-state index is -0.534. The molecule has 0 saturated carbocycles. The molecule has 0 atom stereocenters. The van der Waals surface area contributed by atoms with Gasteiger partial charge in [-0.15, -0.1) is 0 Å². The molecule has 1 aromatic heterocycles.